The molecule has 0 saturated carbocycles. The average molecular weight is 475 g/mol. The number of fused-ring (bicyclic) bond motifs is 1. The van der Waals surface area contributed by atoms with Gasteiger partial charge in [0.05, 0.1) is 12.7 Å². The molecule has 0 unspecified atom stereocenters. The SMILES string of the molecule is CCN(CCN(C)C)c1ncc(Cl)c(Nc2ccc3c(c2)CN(C(=O)NC)CC(=O)N3C)n1. The summed E-state index contributed by atoms with van der Waals surface area (Å²) in [5.74, 6) is 0.933. The van der Waals surface area contributed by atoms with Crippen molar-refractivity contribution >= 4 is 46.7 Å². The quantitative estimate of drug-likeness (QED) is 0.635. The first-order chi connectivity index (χ1) is 15.7. The second kappa shape index (κ2) is 10.7. The van der Waals surface area contributed by atoms with Crippen molar-refractivity contribution in [3.8, 4) is 0 Å². The third kappa shape index (κ3) is 5.82. The number of hydrogen-bond donors (Lipinski definition) is 2. The molecule has 0 bridgehead atoms. The van der Waals surface area contributed by atoms with Gasteiger partial charge in [0.2, 0.25) is 11.9 Å². The number of aromatic nitrogens is 2. The second-order valence-corrected chi connectivity index (χ2v) is 8.49. The van der Waals surface area contributed by atoms with E-state index in [0.717, 1.165) is 36.6 Å². The smallest absolute Gasteiger partial charge is 0.317 e. The highest BCUT2D eigenvalue weighted by molar-refractivity contribution is 6.32. The predicted octanol–water partition coefficient (Wildman–Crippen LogP) is 2.38. The van der Waals surface area contributed by atoms with Crippen LogP contribution < -0.4 is 20.4 Å². The molecule has 1 aromatic carbocycles. The van der Waals surface area contributed by atoms with Crippen LogP contribution in [0, 0.1) is 0 Å². The standard InChI is InChI=1S/C22H31ClN8O2/c1-6-30(10-9-28(3)4)21-25-12-17(23)20(27-21)26-16-7-8-18-15(11-16)13-31(22(33)24-2)14-19(32)29(18)5/h7-8,11-12H,6,9-10,13-14H2,1-5H3,(H,24,33)(H,25,26,27). The lowest BCUT2D eigenvalue weighted by molar-refractivity contribution is -0.118. The van der Waals surface area contributed by atoms with Gasteiger partial charge in [0.15, 0.2) is 5.82 Å². The van der Waals surface area contributed by atoms with Gasteiger partial charge in [-0.15, -0.1) is 0 Å². The first-order valence-electron chi connectivity index (χ1n) is 10.8. The molecule has 10 nitrogen and oxygen atoms in total. The molecule has 1 aliphatic heterocycles. The first-order valence-corrected chi connectivity index (χ1v) is 11.2. The van der Waals surface area contributed by atoms with E-state index in [-0.39, 0.29) is 18.5 Å². The number of carbonyl (C=O) groups is 2. The van der Waals surface area contributed by atoms with Gasteiger partial charge < -0.3 is 30.2 Å². The maximum Gasteiger partial charge on any atom is 0.317 e. The highest BCUT2D eigenvalue weighted by Crippen LogP contribution is 2.31. The van der Waals surface area contributed by atoms with Crippen LogP contribution in [0.5, 0.6) is 0 Å². The Hall–Kier alpha value is -3.11. The van der Waals surface area contributed by atoms with E-state index in [0.29, 0.717) is 23.3 Å². The summed E-state index contributed by atoms with van der Waals surface area (Å²) in [6, 6.07) is 5.32. The summed E-state index contributed by atoms with van der Waals surface area (Å²) < 4.78 is 0. The Labute approximate surface area is 199 Å². The van der Waals surface area contributed by atoms with Crippen LogP contribution in [-0.2, 0) is 11.3 Å². The number of likely N-dealkylation sites (N-methyl/N-ethyl adjacent to an activating group) is 3. The molecular weight excluding hydrogens is 444 g/mol. The lowest BCUT2D eigenvalue weighted by Crippen LogP contribution is -2.42. The number of halogens is 1. The number of amides is 3. The van der Waals surface area contributed by atoms with Crippen LogP contribution in [0.2, 0.25) is 5.02 Å². The van der Waals surface area contributed by atoms with Crippen molar-refractivity contribution in [3.05, 3.63) is 35.0 Å². The van der Waals surface area contributed by atoms with Gasteiger partial charge in [-0.05, 0) is 44.8 Å². The van der Waals surface area contributed by atoms with Crippen molar-refractivity contribution < 1.29 is 9.59 Å². The zero-order valence-corrected chi connectivity index (χ0v) is 20.5. The number of nitrogens with zero attached hydrogens (tertiary/aromatic N) is 6. The molecule has 3 rings (SSSR count). The lowest BCUT2D eigenvalue weighted by Gasteiger charge is -2.23. The molecule has 2 aromatic rings. The number of carbonyl (C=O) groups excluding carboxylic acids is 2. The molecule has 0 atom stereocenters. The van der Waals surface area contributed by atoms with Crippen LogP contribution in [0.1, 0.15) is 12.5 Å². The fourth-order valence-electron chi connectivity index (χ4n) is 3.54. The Kier molecular flexibility index (Phi) is 7.93. The Balaban J connectivity index is 1.88. The molecular formula is C22H31ClN8O2. The Morgan fingerprint density at radius 1 is 1.24 bits per heavy atom. The van der Waals surface area contributed by atoms with Gasteiger partial charge in [0, 0.05) is 45.1 Å². The molecule has 0 spiro atoms. The van der Waals surface area contributed by atoms with Crippen molar-refractivity contribution in [2.75, 3.05) is 69.5 Å². The second-order valence-electron chi connectivity index (χ2n) is 8.08. The van der Waals surface area contributed by atoms with Gasteiger partial charge >= 0.3 is 6.03 Å². The fourth-order valence-corrected chi connectivity index (χ4v) is 3.68. The van der Waals surface area contributed by atoms with Gasteiger partial charge in [0.25, 0.3) is 0 Å². The number of urea groups is 1. The topological polar surface area (TPSA) is 96.9 Å². The Morgan fingerprint density at radius 3 is 2.67 bits per heavy atom. The first kappa shape index (κ1) is 24.5. The maximum absolute atomic E-state index is 12.5. The fraction of sp³-hybridized carbons (Fsp3) is 0.455. The third-order valence-electron chi connectivity index (χ3n) is 5.48. The number of nitrogens with one attached hydrogen (secondary N) is 2. The van der Waals surface area contributed by atoms with Gasteiger partial charge in [-0.2, -0.15) is 4.98 Å². The number of anilines is 4. The highest BCUT2D eigenvalue weighted by atomic mass is 35.5. The molecule has 33 heavy (non-hydrogen) atoms. The lowest BCUT2D eigenvalue weighted by atomic mass is 10.1. The van der Waals surface area contributed by atoms with Crippen LogP contribution in [-0.4, -0.2) is 86.1 Å². The van der Waals surface area contributed by atoms with Crippen LogP contribution in [0.3, 0.4) is 0 Å². The summed E-state index contributed by atoms with van der Waals surface area (Å²) in [6.45, 7) is 4.80. The molecule has 2 heterocycles. The van der Waals surface area contributed by atoms with E-state index in [1.807, 2.05) is 32.3 Å². The van der Waals surface area contributed by atoms with Crippen LogP contribution in [0.25, 0.3) is 0 Å². The van der Waals surface area contributed by atoms with Crippen molar-refractivity contribution in [1.29, 1.82) is 0 Å². The minimum atomic E-state index is -0.302. The molecule has 11 heteroatoms. The normalized spacial score (nSPS) is 13.6. The van der Waals surface area contributed by atoms with E-state index in [9.17, 15) is 9.59 Å². The monoisotopic (exact) mass is 474 g/mol. The van der Waals surface area contributed by atoms with Crippen molar-refractivity contribution in [3.63, 3.8) is 0 Å². The average Bonchev–Trinajstić information content (AvgIpc) is 2.91. The predicted molar refractivity (Wildman–Crippen MR) is 131 cm³/mol. The van der Waals surface area contributed by atoms with Crippen LogP contribution in [0.15, 0.2) is 24.4 Å². The summed E-state index contributed by atoms with van der Waals surface area (Å²) >= 11 is 6.39. The minimum Gasteiger partial charge on any atom is -0.341 e. The van der Waals surface area contributed by atoms with Crippen molar-refractivity contribution in [2.45, 2.75) is 13.5 Å². The molecule has 2 N–H and O–H groups in total. The van der Waals surface area contributed by atoms with E-state index >= 15 is 0 Å². The number of rotatable bonds is 7. The minimum absolute atomic E-state index is 0.00845. The summed E-state index contributed by atoms with van der Waals surface area (Å²) in [5.41, 5.74) is 2.34. The highest BCUT2D eigenvalue weighted by Gasteiger charge is 2.26. The van der Waals surface area contributed by atoms with E-state index in [1.54, 1.807) is 25.2 Å². The Morgan fingerprint density at radius 2 is 2.00 bits per heavy atom. The molecule has 0 saturated heterocycles. The molecule has 3 amide bonds. The maximum atomic E-state index is 12.5. The van der Waals surface area contributed by atoms with Crippen molar-refractivity contribution in [2.24, 2.45) is 0 Å². The number of benzene rings is 1. The zero-order valence-electron chi connectivity index (χ0n) is 19.7. The molecule has 178 valence electrons. The molecule has 0 fully saturated rings. The van der Waals surface area contributed by atoms with E-state index in [1.165, 1.54) is 4.90 Å². The molecule has 1 aliphatic rings. The van der Waals surface area contributed by atoms with E-state index < -0.39 is 0 Å². The van der Waals surface area contributed by atoms with E-state index in [2.05, 4.69) is 37.3 Å². The number of hydrogen-bond acceptors (Lipinski definition) is 7. The molecule has 0 aliphatic carbocycles. The van der Waals surface area contributed by atoms with Gasteiger partial charge in [0.1, 0.15) is 11.6 Å². The van der Waals surface area contributed by atoms with Gasteiger partial charge in [-0.3, -0.25) is 4.79 Å². The van der Waals surface area contributed by atoms with Crippen LogP contribution in [0.4, 0.5) is 27.9 Å². The summed E-state index contributed by atoms with van der Waals surface area (Å²) in [7, 11) is 7.31. The third-order valence-corrected chi connectivity index (χ3v) is 5.76. The largest absolute Gasteiger partial charge is 0.341 e. The molecule has 1 aromatic heterocycles. The van der Waals surface area contributed by atoms with Gasteiger partial charge in [-0.1, -0.05) is 11.6 Å². The van der Waals surface area contributed by atoms with E-state index in [4.69, 9.17) is 11.6 Å². The Bertz CT molecular complexity index is 1020. The van der Waals surface area contributed by atoms with Crippen LogP contribution >= 0.6 is 11.6 Å². The zero-order chi connectivity index (χ0) is 24.1. The summed E-state index contributed by atoms with van der Waals surface area (Å²) in [4.78, 5) is 41.0. The summed E-state index contributed by atoms with van der Waals surface area (Å²) in [6.07, 6.45) is 1.59. The summed E-state index contributed by atoms with van der Waals surface area (Å²) in [5, 5.41) is 6.26. The molecule has 0 radical (unpaired) electrons. The van der Waals surface area contributed by atoms with Crippen molar-refractivity contribution in [1.82, 2.24) is 25.1 Å². The van der Waals surface area contributed by atoms with Gasteiger partial charge in [-0.25, -0.2) is 9.78 Å².